The molecule has 1 N–H and O–H groups in total. The molecule has 122 valence electrons. The van der Waals surface area contributed by atoms with E-state index in [1.807, 2.05) is 36.4 Å². The van der Waals surface area contributed by atoms with Crippen LogP contribution in [0, 0.1) is 0 Å². The molecule has 0 bridgehead atoms. The van der Waals surface area contributed by atoms with Crippen LogP contribution in [0.1, 0.15) is 44.3 Å². The SMILES string of the molecule is CCOP(=O)(OCC)C(c1ccccc1)C1(O)C=CCCC1. The molecule has 1 aliphatic rings. The number of aliphatic hydroxyl groups is 1. The lowest BCUT2D eigenvalue weighted by molar-refractivity contribution is 0.0551. The van der Waals surface area contributed by atoms with Crippen molar-refractivity contribution in [1.82, 2.24) is 0 Å². The Morgan fingerprint density at radius 2 is 1.86 bits per heavy atom. The van der Waals surface area contributed by atoms with Crippen molar-refractivity contribution in [1.29, 1.82) is 0 Å². The van der Waals surface area contributed by atoms with Crippen molar-refractivity contribution in [3.05, 3.63) is 48.0 Å². The van der Waals surface area contributed by atoms with E-state index in [1.165, 1.54) is 0 Å². The van der Waals surface area contributed by atoms with Gasteiger partial charge < -0.3 is 14.2 Å². The summed E-state index contributed by atoms with van der Waals surface area (Å²) in [5.41, 5.74) is -1.14. The Bertz CT molecular complexity index is 533. The second-order valence-electron chi connectivity index (χ2n) is 5.47. The van der Waals surface area contributed by atoms with Gasteiger partial charge >= 0.3 is 7.60 Å². The van der Waals surface area contributed by atoms with Crippen molar-refractivity contribution in [3.8, 4) is 0 Å². The van der Waals surface area contributed by atoms with Gasteiger partial charge in [-0.25, -0.2) is 0 Å². The molecule has 1 aromatic rings. The molecule has 1 aromatic carbocycles. The largest absolute Gasteiger partial charge is 0.384 e. The Labute approximate surface area is 132 Å². The summed E-state index contributed by atoms with van der Waals surface area (Å²) in [5, 5.41) is 11.2. The van der Waals surface area contributed by atoms with Crippen molar-refractivity contribution in [2.45, 2.75) is 44.4 Å². The summed E-state index contributed by atoms with van der Waals surface area (Å²) in [6.45, 7) is 4.13. The highest BCUT2D eigenvalue weighted by Crippen LogP contribution is 2.66. The molecule has 0 heterocycles. The van der Waals surface area contributed by atoms with E-state index in [2.05, 4.69) is 0 Å². The van der Waals surface area contributed by atoms with Gasteiger partial charge in [0, 0.05) is 0 Å². The van der Waals surface area contributed by atoms with E-state index < -0.39 is 18.9 Å². The van der Waals surface area contributed by atoms with Crippen LogP contribution in [-0.2, 0) is 13.6 Å². The monoisotopic (exact) mass is 324 g/mol. The molecule has 0 saturated heterocycles. The van der Waals surface area contributed by atoms with Crippen LogP contribution in [0.3, 0.4) is 0 Å². The molecule has 2 atom stereocenters. The predicted molar refractivity (Wildman–Crippen MR) is 88.0 cm³/mol. The van der Waals surface area contributed by atoms with E-state index in [4.69, 9.17) is 9.05 Å². The minimum atomic E-state index is -3.49. The number of hydrogen-bond acceptors (Lipinski definition) is 4. The minimum absolute atomic E-state index is 0.278. The minimum Gasteiger partial charge on any atom is -0.384 e. The number of hydrogen-bond donors (Lipinski definition) is 1. The molecule has 0 fully saturated rings. The third-order valence-corrected chi connectivity index (χ3v) is 6.49. The van der Waals surface area contributed by atoms with Gasteiger partial charge in [0.1, 0.15) is 11.3 Å². The Morgan fingerprint density at radius 1 is 1.23 bits per heavy atom. The molecule has 2 rings (SSSR count). The quantitative estimate of drug-likeness (QED) is 0.594. The first-order valence-electron chi connectivity index (χ1n) is 7.89. The maximum absolute atomic E-state index is 13.4. The summed E-state index contributed by atoms with van der Waals surface area (Å²) in [6.07, 6.45) is 6.04. The van der Waals surface area contributed by atoms with E-state index >= 15 is 0 Å². The second kappa shape index (κ2) is 7.56. The fraction of sp³-hybridized carbons (Fsp3) is 0.529. The first kappa shape index (κ1) is 17.4. The highest BCUT2D eigenvalue weighted by Gasteiger charge is 2.49. The van der Waals surface area contributed by atoms with E-state index in [1.54, 1.807) is 19.9 Å². The van der Waals surface area contributed by atoms with Crippen molar-refractivity contribution in [2.24, 2.45) is 0 Å². The summed E-state index contributed by atoms with van der Waals surface area (Å²) in [6, 6.07) is 9.39. The molecular formula is C17H25O4P. The van der Waals surface area contributed by atoms with Crippen molar-refractivity contribution < 1.29 is 18.7 Å². The molecule has 5 heteroatoms. The smallest absolute Gasteiger partial charge is 0.341 e. The predicted octanol–water partition coefficient (Wildman–Crippen LogP) is 4.47. The van der Waals surface area contributed by atoms with Crippen LogP contribution in [0.2, 0.25) is 0 Å². The summed E-state index contributed by atoms with van der Waals surface area (Å²) in [5.74, 6) is 0. The van der Waals surface area contributed by atoms with Crippen LogP contribution in [-0.4, -0.2) is 23.9 Å². The third-order valence-electron chi connectivity index (χ3n) is 3.88. The van der Waals surface area contributed by atoms with Crippen LogP contribution >= 0.6 is 7.60 Å². The number of rotatable bonds is 7. The first-order chi connectivity index (χ1) is 10.6. The fourth-order valence-corrected chi connectivity index (χ4v) is 5.42. The summed E-state index contributed by atoms with van der Waals surface area (Å²) >= 11 is 0. The van der Waals surface area contributed by atoms with E-state index in [0.29, 0.717) is 6.42 Å². The molecule has 0 spiro atoms. The highest BCUT2D eigenvalue weighted by atomic mass is 31.2. The first-order valence-corrected chi connectivity index (χ1v) is 9.50. The number of allylic oxidation sites excluding steroid dienone is 1. The molecule has 0 saturated carbocycles. The zero-order valence-corrected chi connectivity index (χ0v) is 14.2. The standard InChI is InChI=1S/C17H25O4P/c1-3-20-22(19,21-4-2)16(15-11-7-5-8-12-15)17(18)13-9-6-10-14-17/h5,7-9,11-13,16,18H,3-4,6,10,14H2,1-2H3. The molecule has 0 aromatic heterocycles. The zero-order valence-electron chi connectivity index (χ0n) is 13.3. The van der Waals surface area contributed by atoms with Gasteiger partial charge in [-0.2, -0.15) is 0 Å². The zero-order chi connectivity index (χ0) is 16.1. The van der Waals surface area contributed by atoms with Gasteiger partial charge in [0.25, 0.3) is 0 Å². The van der Waals surface area contributed by atoms with Gasteiger partial charge in [-0.05, 0) is 38.7 Å². The molecular weight excluding hydrogens is 299 g/mol. The summed E-state index contributed by atoms with van der Waals surface area (Å²) in [4.78, 5) is 0. The van der Waals surface area contributed by atoms with Gasteiger partial charge in [-0.15, -0.1) is 0 Å². The molecule has 4 nitrogen and oxygen atoms in total. The van der Waals surface area contributed by atoms with Crippen molar-refractivity contribution in [2.75, 3.05) is 13.2 Å². The molecule has 0 amide bonds. The summed E-state index contributed by atoms with van der Waals surface area (Å²) < 4.78 is 24.5. The lowest BCUT2D eigenvalue weighted by Gasteiger charge is -2.39. The Morgan fingerprint density at radius 3 is 2.36 bits per heavy atom. The normalized spacial score (nSPS) is 23.4. The fourth-order valence-electron chi connectivity index (χ4n) is 3.03. The maximum Gasteiger partial charge on any atom is 0.341 e. The van der Waals surface area contributed by atoms with Crippen LogP contribution in [0.25, 0.3) is 0 Å². The topological polar surface area (TPSA) is 55.8 Å². The lowest BCUT2D eigenvalue weighted by atomic mass is 9.85. The molecule has 22 heavy (non-hydrogen) atoms. The van der Waals surface area contributed by atoms with Gasteiger partial charge in [-0.1, -0.05) is 42.5 Å². The maximum atomic E-state index is 13.4. The van der Waals surface area contributed by atoms with Crippen molar-refractivity contribution >= 4 is 7.60 Å². The molecule has 0 radical (unpaired) electrons. The van der Waals surface area contributed by atoms with Crippen LogP contribution in [0.4, 0.5) is 0 Å². The Balaban J connectivity index is 2.52. The van der Waals surface area contributed by atoms with Crippen molar-refractivity contribution in [3.63, 3.8) is 0 Å². The van der Waals surface area contributed by atoms with Crippen LogP contribution in [0.15, 0.2) is 42.5 Å². The van der Waals surface area contributed by atoms with Crippen LogP contribution < -0.4 is 0 Å². The average Bonchev–Trinajstić information content (AvgIpc) is 2.49. The number of benzene rings is 1. The van der Waals surface area contributed by atoms with Gasteiger partial charge in [-0.3, -0.25) is 4.57 Å². The van der Waals surface area contributed by atoms with Gasteiger partial charge in [0.15, 0.2) is 0 Å². The van der Waals surface area contributed by atoms with Gasteiger partial charge in [0.05, 0.1) is 13.2 Å². The average molecular weight is 324 g/mol. The van der Waals surface area contributed by atoms with Gasteiger partial charge in [0.2, 0.25) is 0 Å². The van der Waals surface area contributed by atoms with E-state index in [9.17, 15) is 9.67 Å². The molecule has 1 aliphatic carbocycles. The third kappa shape index (κ3) is 3.69. The second-order valence-corrected chi connectivity index (χ2v) is 7.59. The summed E-state index contributed by atoms with van der Waals surface area (Å²) in [7, 11) is -3.49. The lowest BCUT2D eigenvalue weighted by Crippen LogP contribution is -2.36. The highest BCUT2D eigenvalue weighted by molar-refractivity contribution is 7.54. The van der Waals surface area contributed by atoms with Crippen LogP contribution in [0.5, 0.6) is 0 Å². The Hall–Kier alpha value is -0.930. The Kier molecular flexibility index (Phi) is 5.99. The van der Waals surface area contributed by atoms with E-state index in [-0.39, 0.29) is 13.2 Å². The molecule has 0 aliphatic heterocycles. The van der Waals surface area contributed by atoms with E-state index in [0.717, 1.165) is 18.4 Å². The molecule has 2 unspecified atom stereocenters.